The average Bonchev–Trinajstić information content (AvgIpc) is 3.52. The van der Waals surface area contributed by atoms with Crippen LogP contribution in [0.3, 0.4) is 0 Å². The van der Waals surface area contributed by atoms with E-state index in [2.05, 4.69) is 69.3 Å². The van der Waals surface area contributed by atoms with E-state index in [1.165, 1.54) is 10.4 Å². The molecular weight excluding hydrogens is 408 g/mol. The molecule has 4 atom stereocenters. The van der Waals surface area contributed by atoms with Crippen LogP contribution >= 0.6 is 0 Å². The topological polar surface area (TPSA) is 60.5 Å². The van der Waals surface area contributed by atoms with Gasteiger partial charge in [0.1, 0.15) is 24.4 Å². The minimum atomic E-state index is -2.72. The second-order valence-corrected chi connectivity index (χ2v) is 14.3. The summed E-state index contributed by atoms with van der Waals surface area (Å²) >= 11 is 0. The molecule has 5 nitrogen and oxygen atoms in total. The Morgan fingerprint density at radius 3 is 1.97 bits per heavy atom. The number of hydrogen-bond donors (Lipinski definition) is 1. The van der Waals surface area contributed by atoms with E-state index in [9.17, 15) is 5.11 Å². The highest BCUT2D eigenvalue weighted by molar-refractivity contribution is 6.99. The Balaban J connectivity index is 1.65. The van der Waals surface area contributed by atoms with Crippen molar-refractivity contribution in [3.05, 3.63) is 60.7 Å². The molecule has 31 heavy (non-hydrogen) atoms. The Hall–Kier alpha value is -1.54. The molecule has 0 radical (unpaired) electrons. The van der Waals surface area contributed by atoms with Gasteiger partial charge in [-0.3, -0.25) is 0 Å². The minimum Gasteiger partial charge on any atom is -0.405 e. The zero-order chi connectivity index (χ0) is 22.3. The molecule has 0 aromatic heterocycles. The van der Waals surface area contributed by atoms with Gasteiger partial charge in [0.05, 0.1) is 13.2 Å². The fourth-order valence-corrected chi connectivity index (χ4v) is 9.29. The fraction of sp³-hybridized carbons (Fsp3) is 0.520. The molecule has 4 rings (SSSR count). The molecule has 0 bridgehead atoms. The van der Waals surface area contributed by atoms with E-state index in [0.29, 0.717) is 6.61 Å². The van der Waals surface area contributed by atoms with Crippen LogP contribution in [0.5, 0.6) is 0 Å². The Morgan fingerprint density at radius 1 is 1.00 bits per heavy atom. The van der Waals surface area contributed by atoms with Crippen molar-refractivity contribution >= 4 is 18.7 Å². The van der Waals surface area contributed by atoms with Gasteiger partial charge in [-0.2, -0.15) is 0 Å². The molecule has 2 fully saturated rings. The second kappa shape index (κ2) is 8.43. The highest BCUT2D eigenvalue weighted by atomic mass is 28.4. The predicted octanol–water partition coefficient (Wildman–Crippen LogP) is 2.84. The predicted molar refractivity (Wildman–Crippen MR) is 123 cm³/mol. The van der Waals surface area contributed by atoms with Gasteiger partial charge in [0.25, 0.3) is 8.32 Å². The van der Waals surface area contributed by atoms with E-state index in [4.69, 9.17) is 18.6 Å². The van der Waals surface area contributed by atoms with Crippen LogP contribution in [0.1, 0.15) is 34.6 Å². The van der Waals surface area contributed by atoms with E-state index in [1.54, 1.807) is 0 Å². The van der Waals surface area contributed by atoms with Crippen LogP contribution in [0.2, 0.25) is 5.04 Å². The minimum absolute atomic E-state index is 0.0192. The largest absolute Gasteiger partial charge is 0.405 e. The molecule has 0 spiro atoms. The lowest BCUT2D eigenvalue weighted by molar-refractivity contribution is -0.157. The summed E-state index contributed by atoms with van der Waals surface area (Å²) in [7, 11) is -2.72. The Labute approximate surface area is 186 Å². The quantitative estimate of drug-likeness (QED) is 0.528. The Kier molecular flexibility index (Phi) is 6.16. The maximum atomic E-state index is 11.2. The Bertz CT molecular complexity index is 821. The van der Waals surface area contributed by atoms with Crippen molar-refractivity contribution in [3.63, 3.8) is 0 Å². The van der Waals surface area contributed by atoms with Crippen LogP contribution < -0.4 is 10.4 Å². The number of ether oxygens (including phenoxy) is 3. The van der Waals surface area contributed by atoms with Crippen LogP contribution in [0.25, 0.3) is 0 Å². The van der Waals surface area contributed by atoms with Gasteiger partial charge >= 0.3 is 0 Å². The van der Waals surface area contributed by atoms with Crippen molar-refractivity contribution in [3.8, 4) is 0 Å². The van der Waals surface area contributed by atoms with Crippen molar-refractivity contribution in [2.75, 3.05) is 13.2 Å². The lowest BCUT2D eigenvalue weighted by atomic mass is 10.1. The van der Waals surface area contributed by atoms with Gasteiger partial charge in [-0.1, -0.05) is 81.4 Å². The van der Waals surface area contributed by atoms with Crippen molar-refractivity contribution in [2.24, 2.45) is 0 Å². The zero-order valence-electron chi connectivity index (χ0n) is 19.1. The van der Waals surface area contributed by atoms with Gasteiger partial charge < -0.3 is 23.7 Å². The van der Waals surface area contributed by atoms with Crippen LogP contribution in [-0.2, 0) is 18.6 Å². The number of hydrogen-bond acceptors (Lipinski definition) is 5. The van der Waals surface area contributed by atoms with Crippen molar-refractivity contribution in [2.45, 2.75) is 69.9 Å². The summed E-state index contributed by atoms with van der Waals surface area (Å²) in [6.45, 7) is 11.2. The van der Waals surface area contributed by atoms with E-state index < -0.39 is 26.3 Å². The van der Waals surface area contributed by atoms with Crippen molar-refractivity contribution in [1.29, 1.82) is 0 Å². The van der Waals surface area contributed by atoms with E-state index >= 15 is 0 Å². The van der Waals surface area contributed by atoms with Crippen LogP contribution in [0, 0.1) is 0 Å². The first-order chi connectivity index (χ1) is 14.6. The standard InChI is InChI=1S/C25H34O5Si/c1-24(2,3)31(18-12-8-6-9-13-18,19-14-10-7-11-15-19)28-16-20(26)22-23(21-17-27-21)30-25(4,5)29-22/h6-15,20-23,26H,16-17H2,1-5H3/t20-,21+,22-,23-/m1/s1. The molecule has 0 unspecified atom stereocenters. The maximum absolute atomic E-state index is 11.2. The number of aliphatic hydroxyl groups is 1. The molecule has 2 aromatic carbocycles. The zero-order valence-corrected chi connectivity index (χ0v) is 20.1. The molecule has 0 saturated carbocycles. The first-order valence-corrected chi connectivity index (χ1v) is 13.0. The first-order valence-electron chi connectivity index (χ1n) is 11.0. The summed E-state index contributed by atoms with van der Waals surface area (Å²) in [5, 5.41) is 13.4. The molecule has 1 N–H and O–H groups in total. The molecule has 6 heteroatoms. The third-order valence-corrected chi connectivity index (χ3v) is 11.2. The van der Waals surface area contributed by atoms with Crippen molar-refractivity contribution in [1.82, 2.24) is 0 Å². The van der Waals surface area contributed by atoms with Gasteiger partial charge in [0.2, 0.25) is 0 Å². The first kappa shape index (κ1) is 22.6. The highest BCUT2D eigenvalue weighted by Gasteiger charge is 2.54. The number of rotatable bonds is 7. The van der Waals surface area contributed by atoms with Crippen LogP contribution in [-0.4, -0.2) is 56.8 Å². The third-order valence-electron chi connectivity index (χ3n) is 6.16. The number of benzene rings is 2. The van der Waals surface area contributed by atoms with E-state index in [-0.39, 0.29) is 23.9 Å². The molecule has 0 amide bonds. The molecule has 2 aromatic rings. The number of epoxide rings is 1. The monoisotopic (exact) mass is 442 g/mol. The molecule has 2 heterocycles. The second-order valence-electron chi connectivity index (χ2n) is 9.98. The Morgan fingerprint density at radius 2 is 1.52 bits per heavy atom. The van der Waals surface area contributed by atoms with E-state index in [1.807, 2.05) is 26.0 Å². The SMILES string of the molecule is CC1(C)O[C@H]([C@H](O)CO[Si](c2ccccc2)(c2ccccc2)C(C)(C)C)[C@@H]([C@@H]2CO2)O1. The summed E-state index contributed by atoms with van der Waals surface area (Å²) in [6.07, 6.45) is -1.61. The van der Waals surface area contributed by atoms with Gasteiger partial charge in [-0.25, -0.2) is 0 Å². The average molecular weight is 443 g/mol. The fourth-order valence-electron chi connectivity index (χ4n) is 4.71. The summed E-state index contributed by atoms with van der Waals surface area (Å²) < 4.78 is 24.4. The third kappa shape index (κ3) is 4.51. The molecule has 2 saturated heterocycles. The van der Waals surface area contributed by atoms with Crippen molar-refractivity contribution < 1.29 is 23.7 Å². The van der Waals surface area contributed by atoms with Gasteiger partial charge in [-0.05, 0) is 29.3 Å². The van der Waals surface area contributed by atoms with E-state index in [0.717, 1.165) is 0 Å². The highest BCUT2D eigenvalue weighted by Crippen LogP contribution is 2.39. The number of aliphatic hydroxyl groups excluding tert-OH is 1. The normalized spacial score (nSPS) is 26.6. The van der Waals surface area contributed by atoms with Gasteiger partial charge in [0, 0.05) is 0 Å². The molecule has 168 valence electrons. The van der Waals surface area contributed by atoms with Gasteiger partial charge in [-0.15, -0.1) is 0 Å². The van der Waals surface area contributed by atoms with Crippen LogP contribution in [0.15, 0.2) is 60.7 Å². The summed E-state index contributed by atoms with van der Waals surface area (Å²) in [6, 6.07) is 20.9. The lowest BCUT2D eigenvalue weighted by Gasteiger charge is -2.43. The molecule has 2 aliphatic rings. The summed E-state index contributed by atoms with van der Waals surface area (Å²) in [5.74, 6) is -0.750. The maximum Gasteiger partial charge on any atom is 0.261 e. The van der Waals surface area contributed by atoms with Crippen LogP contribution in [0.4, 0.5) is 0 Å². The molecule has 2 aliphatic heterocycles. The summed E-state index contributed by atoms with van der Waals surface area (Å²) in [4.78, 5) is 0. The smallest absolute Gasteiger partial charge is 0.261 e. The summed E-state index contributed by atoms with van der Waals surface area (Å²) in [5.41, 5.74) is 0. The molecular formula is C25H34O5Si. The van der Waals surface area contributed by atoms with Gasteiger partial charge in [0.15, 0.2) is 5.79 Å². The lowest BCUT2D eigenvalue weighted by Crippen LogP contribution is -2.67. The molecule has 0 aliphatic carbocycles.